The number of nitro groups is 1. The van der Waals surface area contributed by atoms with E-state index in [1.165, 1.54) is 6.07 Å². The maximum atomic E-state index is 12.1. The molecule has 0 heterocycles. The van der Waals surface area contributed by atoms with Crippen molar-refractivity contribution in [1.82, 2.24) is 0 Å². The maximum absolute atomic E-state index is 12.1. The molecule has 8 heteroatoms. The number of rotatable bonds is 9. The third-order valence-electron chi connectivity index (χ3n) is 2.72. The molecule has 7 nitrogen and oxygen atoms in total. The van der Waals surface area contributed by atoms with E-state index in [-0.39, 0.29) is 25.5 Å². The Balaban J connectivity index is 2.82. The van der Waals surface area contributed by atoms with Crippen LogP contribution in [0, 0.1) is 10.1 Å². The Bertz CT molecular complexity index is 576. The van der Waals surface area contributed by atoms with Crippen molar-refractivity contribution in [3.8, 4) is 0 Å². The molecular weight excluding hydrogens is 309 g/mol. The highest BCUT2D eigenvalue weighted by Gasteiger charge is 2.24. The van der Waals surface area contributed by atoms with Crippen LogP contribution in [0.3, 0.4) is 0 Å². The van der Waals surface area contributed by atoms with Crippen molar-refractivity contribution < 1.29 is 23.1 Å². The first kappa shape index (κ1) is 18.5. The third-order valence-corrected chi connectivity index (χ3v) is 4.34. The number of allylic oxidation sites excluding steroid dienone is 1. The SMILES string of the molecule is CCOP(=O)(OCC)OC/C=C(\C)c1ccccc1[N+](=O)[O-]. The van der Waals surface area contributed by atoms with Gasteiger partial charge in [-0.05, 0) is 32.4 Å². The lowest BCUT2D eigenvalue weighted by molar-refractivity contribution is -0.385. The molecule has 0 aliphatic carbocycles. The molecule has 0 atom stereocenters. The first-order valence-electron chi connectivity index (χ1n) is 6.87. The van der Waals surface area contributed by atoms with Crippen LogP contribution in [0.25, 0.3) is 5.57 Å². The maximum Gasteiger partial charge on any atom is 0.475 e. The monoisotopic (exact) mass is 329 g/mol. The Kier molecular flexibility index (Phi) is 7.41. The Morgan fingerprint density at radius 3 is 2.36 bits per heavy atom. The van der Waals surface area contributed by atoms with E-state index in [9.17, 15) is 14.7 Å². The summed E-state index contributed by atoms with van der Waals surface area (Å²) in [5.41, 5.74) is 1.14. The van der Waals surface area contributed by atoms with Crippen molar-refractivity contribution >= 4 is 19.1 Å². The highest BCUT2D eigenvalue weighted by molar-refractivity contribution is 7.48. The molecule has 0 unspecified atom stereocenters. The summed E-state index contributed by atoms with van der Waals surface area (Å²) in [5, 5.41) is 11.0. The Hall–Kier alpha value is -1.53. The molecule has 0 bridgehead atoms. The summed E-state index contributed by atoms with van der Waals surface area (Å²) >= 11 is 0. The van der Waals surface area contributed by atoms with Crippen LogP contribution in [0.4, 0.5) is 5.69 Å². The van der Waals surface area contributed by atoms with Gasteiger partial charge in [0.1, 0.15) is 0 Å². The predicted molar refractivity (Wildman–Crippen MR) is 83.6 cm³/mol. The van der Waals surface area contributed by atoms with Crippen LogP contribution < -0.4 is 0 Å². The highest BCUT2D eigenvalue weighted by atomic mass is 31.2. The minimum Gasteiger partial charge on any atom is -0.287 e. The number of phosphoric acid groups is 1. The van der Waals surface area contributed by atoms with Gasteiger partial charge in [0.2, 0.25) is 0 Å². The molecule has 0 spiro atoms. The number of benzene rings is 1. The van der Waals surface area contributed by atoms with Crippen LogP contribution >= 0.6 is 7.82 Å². The van der Waals surface area contributed by atoms with Gasteiger partial charge in [0, 0.05) is 6.07 Å². The first-order chi connectivity index (χ1) is 10.4. The van der Waals surface area contributed by atoms with Gasteiger partial charge in [0.05, 0.1) is 30.3 Å². The average molecular weight is 329 g/mol. The summed E-state index contributed by atoms with van der Waals surface area (Å²) in [6.07, 6.45) is 1.60. The van der Waals surface area contributed by atoms with Gasteiger partial charge in [-0.1, -0.05) is 18.2 Å². The summed E-state index contributed by atoms with van der Waals surface area (Å²) in [6, 6.07) is 6.39. The summed E-state index contributed by atoms with van der Waals surface area (Å²) in [7, 11) is -3.58. The second-order valence-electron chi connectivity index (χ2n) is 4.24. The van der Waals surface area contributed by atoms with Gasteiger partial charge < -0.3 is 0 Å². The van der Waals surface area contributed by atoms with E-state index in [0.717, 1.165) is 0 Å². The molecule has 1 aromatic carbocycles. The number of para-hydroxylation sites is 1. The first-order valence-corrected chi connectivity index (χ1v) is 8.33. The van der Waals surface area contributed by atoms with Crippen molar-refractivity contribution in [2.75, 3.05) is 19.8 Å². The van der Waals surface area contributed by atoms with E-state index < -0.39 is 12.7 Å². The summed E-state index contributed by atoms with van der Waals surface area (Å²) < 4.78 is 27.3. The van der Waals surface area contributed by atoms with Crippen molar-refractivity contribution in [1.29, 1.82) is 0 Å². The number of phosphoric ester groups is 1. The number of hydrogen-bond acceptors (Lipinski definition) is 6. The zero-order chi connectivity index (χ0) is 16.6. The quantitative estimate of drug-likeness (QED) is 0.383. The van der Waals surface area contributed by atoms with Gasteiger partial charge in [-0.15, -0.1) is 0 Å². The third kappa shape index (κ3) is 5.35. The van der Waals surface area contributed by atoms with Gasteiger partial charge in [-0.25, -0.2) is 4.57 Å². The van der Waals surface area contributed by atoms with Crippen LogP contribution in [0.1, 0.15) is 26.3 Å². The van der Waals surface area contributed by atoms with Gasteiger partial charge in [0.25, 0.3) is 5.69 Å². The fourth-order valence-electron chi connectivity index (χ4n) is 1.76. The lowest BCUT2D eigenvalue weighted by atomic mass is 10.1. The summed E-state index contributed by atoms with van der Waals surface area (Å²) in [5.74, 6) is 0. The van der Waals surface area contributed by atoms with E-state index in [1.807, 2.05) is 0 Å². The molecule has 0 saturated carbocycles. The van der Waals surface area contributed by atoms with Gasteiger partial charge in [-0.2, -0.15) is 0 Å². The van der Waals surface area contributed by atoms with E-state index in [0.29, 0.717) is 11.1 Å². The molecule has 0 saturated heterocycles. The molecule has 122 valence electrons. The second-order valence-corrected chi connectivity index (χ2v) is 5.91. The Morgan fingerprint density at radius 1 is 1.23 bits per heavy atom. The van der Waals surface area contributed by atoms with E-state index in [4.69, 9.17) is 13.6 Å². The molecule has 0 radical (unpaired) electrons. The molecule has 0 amide bonds. The molecule has 0 aliphatic heterocycles. The fourth-order valence-corrected chi connectivity index (χ4v) is 2.87. The van der Waals surface area contributed by atoms with Gasteiger partial charge in [0.15, 0.2) is 0 Å². The Morgan fingerprint density at radius 2 is 1.82 bits per heavy atom. The van der Waals surface area contributed by atoms with E-state index >= 15 is 0 Å². The molecular formula is C14H20NO6P. The van der Waals surface area contributed by atoms with Crippen LogP contribution in [0.5, 0.6) is 0 Å². The standard InChI is InChI=1S/C14H20NO6P/c1-4-19-22(18,20-5-2)21-11-10-12(3)13-8-6-7-9-14(13)15(16)17/h6-10H,4-5,11H2,1-3H3/b12-10+. The molecule has 0 N–H and O–H groups in total. The van der Waals surface area contributed by atoms with Crippen molar-refractivity contribution in [3.63, 3.8) is 0 Å². The van der Waals surface area contributed by atoms with Crippen LogP contribution in [0.15, 0.2) is 30.3 Å². The number of hydrogen-bond donors (Lipinski definition) is 0. The molecule has 0 aliphatic rings. The topological polar surface area (TPSA) is 87.9 Å². The molecule has 22 heavy (non-hydrogen) atoms. The van der Waals surface area contributed by atoms with Crippen molar-refractivity contribution in [2.24, 2.45) is 0 Å². The van der Waals surface area contributed by atoms with Crippen LogP contribution in [0.2, 0.25) is 0 Å². The normalized spacial score (nSPS) is 12.4. The van der Waals surface area contributed by atoms with Crippen LogP contribution in [-0.2, 0) is 18.1 Å². The lowest BCUT2D eigenvalue weighted by Crippen LogP contribution is -2.00. The molecule has 1 rings (SSSR count). The molecule has 0 fully saturated rings. The smallest absolute Gasteiger partial charge is 0.287 e. The molecule has 1 aromatic rings. The van der Waals surface area contributed by atoms with Gasteiger partial charge in [-0.3, -0.25) is 23.7 Å². The zero-order valence-corrected chi connectivity index (χ0v) is 13.7. The van der Waals surface area contributed by atoms with E-state index in [1.54, 1.807) is 45.0 Å². The lowest BCUT2D eigenvalue weighted by Gasteiger charge is -2.15. The summed E-state index contributed by atoms with van der Waals surface area (Å²) in [6.45, 7) is 5.45. The van der Waals surface area contributed by atoms with E-state index in [2.05, 4.69) is 0 Å². The number of nitro benzene ring substituents is 1. The second kappa shape index (κ2) is 8.80. The summed E-state index contributed by atoms with van der Waals surface area (Å²) in [4.78, 5) is 10.5. The van der Waals surface area contributed by atoms with Crippen LogP contribution in [-0.4, -0.2) is 24.7 Å². The average Bonchev–Trinajstić information content (AvgIpc) is 2.47. The minimum absolute atomic E-state index is 0.00838. The minimum atomic E-state index is -3.58. The number of nitrogens with zero attached hydrogens (tertiary/aromatic N) is 1. The van der Waals surface area contributed by atoms with Crippen molar-refractivity contribution in [2.45, 2.75) is 20.8 Å². The zero-order valence-electron chi connectivity index (χ0n) is 12.9. The Labute approximate surface area is 129 Å². The van der Waals surface area contributed by atoms with Gasteiger partial charge >= 0.3 is 7.82 Å². The fraction of sp³-hybridized carbons (Fsp3) is 0.429. The molecule has 0 aromatic heterocycles. The largest absolute Gasteiger partial charge is 0.475 e. The van der Waals surface area contributed by atoms with Crippen molar-refractivity contribution in [3.05, 3.63) is 46.0 Å². The predicted octanol–water partition coefficient (Wildman–Crippen LogP) is 4.20. The highest BCUT2D eigenvalue weighted by Crippen LogP contribution is 2.49.